The monoisotopic (exact) mass is 322 g/mol. The molecule has 1 aromatic rings. The summed E-state index contributed by atoms with van der Waals surface area (Å²) >= 11 is 0. The fourth-order valence-corrected chi connectivity index (χ4v) is 4.45. The molecule has 5 heteroatoms. The van der Waals surface area contributed by atoms with Crippen LogP contribution in [-0.4, -0.2) is 31.7 Å². The molecule has 1 saturated heterocycles. The van der Waals surface area contributed by atoms with Gasteiger partial charge >= 0.3 is 7.12 Å². The highest BCUT2D eigenvalue weighted by molar-refractivity contribution is 7.71. The minimum absolute atomic E-state index is 0.0242. The number of benzene rings is 1. The fourth-order valence-electron chi connectivity index (χ4n) is 2.58. The Hall–Kier alpha value is -0.565. The molecule has 1 aromatic carbocycles. The van der Waals surface area contributed by atoms with E-state index in [1.807, 2.05) is 38.1 Å². The van der Waals surface area contributed by atoms with Gasteiger partial charge in [0.2, 0.25) is 0 Å². The SMILES string of the molecule is CCP(=O)(CC)c1ccc(B2OCC(C)(C)C(C)(C)O2)cc1. The van der Waals surface area contributed by atoms with Crippen LogP contribution < -0.4 is 10.8 Å². The van der Waals surface area contributed by atoms with E-state index in [0.29, 0.717) is 18.9 Å². The van der Waals surface area contributed by atoms with Gasteiger partial charge in [-0.05, 0) is 19.3 Å². The fraction of sp³-hybridized carbons (Fsp3) is 0.647. The lowest BCUT2D eigenvalue weighted by molar-refractivity contribution is -0.0937. The molecule has 0 N–H and O–H groups in total. The van der Waals surface area contributed by atoms with Crippen LogP contribution in [0.3, 0.4) is 0 Å². The molecule has 3 nitrogen and oxygen atoms in total. The summed E-state index contributed by atoms with van der Waals surface area (Å²) in [5.74, 6) is 0. The molecule has 1 aliphatic rings. The Labute approximate surface area is 135 Å². The van der Waals surface area contributed by atoms with Gasteiger partial charge in [-0.1, -0.05) is 52.0 Å². The molecule has 1 heterocycles. The van der Waals surface area contributed by atoms with Gasteiger partial charge in [-0.2, -0.15) is 0 Å². The Morgan fingerprint density at radius 2 is 1.64 bits per heavy atom. The summed E-state index contributed by atoms with van der Waals surface area (Å²) in [5, 5.41) is 0.955. The van der Waals surface area contributed by atoms with E-state index in [-0.39, 0.29) is 18.1 Å². The zero-order valence-electron chi connectivity index (χ0n) is 14.7. The maximum Gasteiger partial charge on any atom is 0.494 e. The van der Waals surface area contributed by atoms with Gasteiger partial charge in [-0.3, -0.25) is 0 Å². The van der Waals surface area contributed by atoms with Gasteiger partial charge in [0.25, 0.3) is 0 Å². The molecular weight excluding hydrogens is 294 g/mol. The van der Waals surface area contributed by atoms with Crippen molar-refractivity contribution in [3.8, 4) is 0 Å². The Morgan fingerprint density at radius 3 is 2.09 bits per heavy atom. The topological polar surface area (TPSA) is 35.5 Å². The summed E-state index contributed by atoms with van der Waals surface area (Å²) in [6.45, 7) is 13.2. The third-order valence-corrected chi connectivity index (χ3v) is 8.57. The van der Waals surface area contributed by atoms with E-state index in [4.69, 9.17) is 9.31 Å². The summed E-state index contributed by atoms with van der Waals surface area (Å²) < 4.78 is 24.8. The average molecular weight is 322 g/mol. The van der Waals surface area contributed by atoms with Gasteiger partial charge in [0.1, 0.15) is 7.14 Å². The van der Waals surface area contributed by atoms with Crippen molar-refractivity contribution in [3.63, 3.8) is 0 Å². The summed E-state index contributed by atoms with van der Waals surface area (Å²) in [6, 6.07) is 7.93. The first kappa shape index (κ1) is 17.8. The molecule has 0 radical (unpaired) electrons. The van der Waals surface area contributed by atoms with Crippen LogP contribution >= 0.6 is 7.14 Å². The molecule has 0 aromatic heterocycles. The molecule has 0 spiro atoms. The van der Waals surface area contributed by atoms with Crippen LogP contribution in [-0.2, 0) is 13.9 Å². The number of hydrogen-bond donors (Lipinski definition) is 0. The van der Waals surface area contributed by atoms with Gasteiger partial charge < -0.3 is 13.9 Å². The molecule has 0 saturated carbocycles. The third-order valence-electron chi connectivity index (χ3n) is 5.28. The lowest BCUT2D eigenvalue weighted by Crippen LogP contribution is -2.58. The first-order chi connectivity index (χ1) is 10.1. The van der Waals surface area contributed by atoms with E-state index < -0.39 is 7.14 Å². The maximum absolute atomic E-state index is 12.8. The molecular formula is C17H28BO3P. The Morgan fingerprint density at radius 1 is 1.09 bits per heavy atom. The van der Waals surface area contributed by atoms with Gasteiger partial charge in [0.05, 0.1) is 5.60 Å². The Kier molecular flexibility index (Phi) is 4.97. The Bertz CT molecular complexity index is 558. The highest BCUT2D eigenvalue weighted by Gasteiger charge is 2.46. The number of rotatable bonds is 4. The van der Waals surface area contributed by atoms with Crippen molar-refractivity contribution in [2.24, 2.45) is 5.41 Å². The van der Waals surface area contributed by atoms with E-state index in [0.717, 1.165) is 10.8 Å². The lowest BCUT2D eigenvalue weighted by atomic mass is 9.69. The van der Waals surface area contributed by atoms with E-state index >= 15 is 0 Å². The van der Waals surface area contributed by atoms with E-state index in [1.54, 1.807) is 0 Å². The van der Waals surface area contributed by atoms with E-state index in [1.165, 1.54) is 0 Å². The highest BCUT2D eigenvalue weighted by atomic mass is 31.2. The summed E-state index contributed by atoms with van der Waals surface area (Å²) in [7, 11) is -2.57. The smallest absolute Gasteiger partial charge is 0.407 e. The summed E-state index contributed by atoms with van der Waals surface area (Å²) in [4.78, 5) is 0. The second-order valence-corrected chi connectivity index (χ2v) is 10.8. The minimum Gasteiger partial charge on any atom is -0.407 e. The largest absolute Gasteiger partial charge is 0.494 e. The molecule has 0 amide bonds. The lowest BCUT2D eigenvalue weighted by Gasteiger charge is -2.47. The molecule has 0 aliphatic carbocycles. The quantitative estimate of drug-likeness (QED) is 0.630. The van der Waals surface area contributed by atoms with Crippen LogP contribution in [0.2, 0.25) is 0 Å². The predicted molar refractivity (Wildman–Crippen MR) is 95.0 cm³/mol. The summed E-state index contributed by atoms with van der Waals surface area (Å²) in [5.41, 5.74) is 0.714. The normalized spacial score (nSPS) is 20.9. The third kappa shape index (κ3) is 3.20. The minimum atomic E-state index is -2.22. The van der Waals surface area contributed by atoms with Crippen molar-refractivity contribution in [2.45, 2.75) is 47.1 Å². The molecule has 0 atom stereocenters. The van der Waals surface area contributed by atoms with Crippen LogP contribution in [0.4, 0.5) is 0 Å². The second-order valence-electron chi connectivity index (χ2n) is 7.27. The van der Waals surface area contributed by atoms with Crippen LogP contribution in [0.5, 0.6) is 0 Å². The van der Waals surface area contributed by atoms with Crippen molar-refractivity contribution >= 4 is 25.0 Å². The van der Waals surface area contributed by atoms with Gasteiger partial charge in [-0.25, -0.2) is 0 Å². The number of hydrogen-bond acceptors (Lipinski definition) is 3. The zero-order valence-corrected chi connectivity index (χ0v) is 15.6. The molecule has 0 unspecified atom stereocenters. The maximum atomic E-state index is 12.8. The molecule has 1 fully saturated rings. The van der Waals surface area contributed by atoms with Crippen molar-refractivity contribution in [3.05, 3.63) is 24.3 Å². The average Bonchev–Trinajstić information content (AvgIpc) is 2.49. The molecule has 1 aliphatic heterocycles. The molecule has 22 heavy (non-hydrogen) atoms. The standard InChI is InChI=1S/C17H28BO3P/c1-7-22(19,8-2)15-11-9-14(10-12-15)18-20-13-16(3,4)17(5,6)21-18/h9-12H,7-8,13H2,1-6H3. The summed E-state index contributed by atoms with van der Waals surface area (Å²) in [6.07, 6.45) is 1.42. The second kappa shape index (κ2) is 6.15. The van der Waals surface area contributed by atoms with Crippen LogP contribution in [0.15, 0.2) is 24.3 Å². The van der Waals surface area contributed by atoms with Crippen molar-refractivity contribution in [1.82, 2.24) is 0 Å². The zero-order chi connectivity index (χ0) is 16.6. The predicted octanol–water partition coefficient (Wildman–Crippen LogP) is 3.26. The van der Waals surface area contributed by atoms with Crippen LogP contribution in [0.1, 0.15) is 41.5 Å². The van der Waals surface area contributed by atoms with Gasteiger partial charge in [0.15, 0.2) is 0 Å². The first-order valence-electron chi connectivity index (χ1n) is 8.13. The van der Waals surface area contributed by atoms with Gasteiger partial charge in [-0.15, -0.1) is 0 Å². The van der Waals surface area contributed by atoms with Crippen molar-refractivity contribution in [1.29, 1.82) is 0 Å². The van der Waals surface area contributed by atoms with Crippen molar-refractivity contribution < 1.29 is 13.9 Å². The van der Waals surface area contributed by atoms with Crippen LogP contribution in [0, 0.1) is 5.41 Å². The van der Waals surface area contributed by atoms with Crippen molar-refractivity contribution in [2.75, 3.05) is 18.9 Å². The molecule has 2 rings (SSSR count). The molecule has 122 valence electrons. The highest BCUT2D eigenvalue weighted by Crippen LogP contribution is 2.43. The van der Waals surface area contributed by atoms with Crippen LogP contribution in [0.25, 0.3) is 0 Å². The van der Waals surface area contributed by atoms with E-state index in [2.05, 4.69) is 27.7 Å². The molecule has 0 bridgehead atoms. The van der Waals surface area contributed by atoms with Gasteiger partial charge in [0, 0.05) is 29.7 Å². The Balaban J connectivity index is 2.20. The van der Waals surface area contributed by atoms with E-state index in [9.17, 15) is 4.57 Å². The first-order valence-corrected chi connectivity index (χ1v) is 10.2.